The van der Waals surface area contributed by atoms with E-state index in [0.717, 1.165) is 17.3 Å². The molecule has 0 saturated carbocycles. The fourth-order valence-corrected chi connectivity index (χ4v) is 1.72. The molecule has 0 N–H and O–H groups in total. The maximum atomic E-state index is 13.9. The van der Waals surface area contributed by atoms with Gasteiger partial charge in [-0.2, -0.15) is 4.98 Å². The summed E-state index contributed by atoms with van der Waals surface area (Å²) < 4.78 is 15.1. The summed E-state index contributed by atoms with van der Waals surface area (Å²) in [5, 5.41) is 0. The summed E-state index contributed by atoms with van der Waals surface area (Å²) in [5.41, 5.74) is 1.51. The summed E-state index contributed by atoms with van der Waals surface area (Å²) in [6.07, 6.45) is 2.53. The number of benzene rings is 1. The first-order valence-corrected chi connectivity index (χ1v) is 6.49. The second-order valence-electron chi connectivity index (χ2n) is 5.02. The van der Waals surface area contributed by atoms with Crippen LogP contribution in [0.4, 0.5) is 10.2 Å². The van der Waals surface area contributed by atoms with Crippen molar-refractivity contribution in [3.05, 3.63) is 57.9 Å². The topological polar surface area (TPSA) is 50.5 Å². The Kier molecular flexibility index (Phi) is 4.47. The SMILES string of the molecule is Cc1ccc(Cn2cc(F)c(N=CN(C)C)nc2=O)cc1. The van der Waals surface area contributed by atoms with Gasteiger partial charge in [0.2, 0.25) is 0 Å². The van der Waals surface area contributed by atoms with Gasteiger partial charge in [-0.1, -0.05) is 29.8 Å². The highest BCUT2D eigenvalue weighted by molar-refractivity contribution is 5.58. The van der Waals surface area contributed by atoms with Gasteiger partial charge in [-0.3, -0.25) is 4.57 Å². The van der Waals surface area contributed by atoms with Crippen molar-refractivity contribution in [1.29, 1.82) is 0 Å². The molecular weight excluding hydrogens is 271 g/mol. The van der Waals surface area contributed by atoms with Gasteiger partial charge in [0.25, 0.3) is 0 Å². The molecule has 0 saturated heterocycles. The van der Waals surface area contributed by atoms with E-state index < -0.39 is 11.5 Å². The fourth-order valence-electron chi connectivity index (χ4n) is 1.72. The van der Waals surface area contributed by atoms with Gasteiger partial charge in [0.15, 0.2) is 11.6 Å². The molecule has 110 valence electrons. The van der Waals surface area contributed by atoms with Crippen LogP contribution in [0, 0.1) is 12.7 Å². The van der Waals surface area contributed by atoms with Crippen molar-refractivity contribution in [2.45, 2.75) is 13.5 Å². The fraction of sp³-hybridized carbons (Fsp3) is 0.267. The molecule has 0 bridgehead atoms. The van der Waals surface area contributed by atoms with E-state index in [2.05, 4.69) is 9.98 Å². The largest absolute Gasteiger partial charge is 0.369 e. The van der Waals surface area contributed by atoms with E-state index >= 15 is 0 Å². The van der Waals surface area contributed by atoms with Crippen LogP contribution in [0.25, 0.3) is 0 Å². The lowest BCUT2D eigenvalue weighted by Gasteiger charge is -2.07. The van der Waals surface area contributed by atoms with Crippen molar-refractivity contribution in [2.75, 3.05) is 14.1 Å². The van der Waals surface area contributed by atoms with Crippen molar-refractivity contribution < 1.29 is 4.39 Å². The summed E-state index contributed by atoms with van der Waals surface area (Å²) in [5.74, 6) is -0.825. The summed E-state index contributed by atoms with van der Waals surface area (Å²) in [7, 11) is 3.50. The lowest BCUT2D eigenvalue weighted by Crippen LogP contribution is -2.23. The maximum Gasteiger partial charge on any atom is 0.350 e. The van der Waals surface area contributed by atoms with Crippen molar-refractivity contribution in [1.82, 2.24) is 14.5 Å². The third-order valence-electron chi connectivity index (χ3n) is 2.81. The molecule has 1 heterocycles. The maximum absolute atomic E-state index is 13.9. The smallest absolute Gasteiger partial charge is 0.350 e. The van der Waals surface area contributed by atoms with E-state index in [1.165, 1.54) is 10.9 Å². The van der Waals surface area contributed by atoms with Crippen LogP contribution < -0.4 is 5.69 Å². The van der Waals surface area contributed by atoms with Gasteiger partial charge >= 0.3 is 5.69 Å². The van der Waals surface area contributed by atoms with E-state index in [9.17, 15) is 9.18 Å². The quantitative estimate of drug-likeness (QED) is 0.638. The van der Waals surface area contributed by atoms with E-state index in [4.69, 9.17) is 0 Å². The van der Waals surface area contributed by atoms with Gasteiger partial charge in [0.05, 0.1) is 12.9 Å². The molecule has 0 spiro atoms. The van der Waals surface area contributed by atoms with E-state index in [0.29, 0.717) is 0 Å². The van der Waals surface area contributed by atoms with Gasteiger partial charge in [0.1, 0.15) is 0 Å². The van der Waals surface area contributed by atoms with Crippen LogP contribution in [-0.4, -0.2) is 34.9 Å². The normalized spacial score (nSPS) is 11.0. The Bertz CT molecular complexity index is 705. The number of nitrogens with zero attached hydrogens (tertiary/aromatic N) is 4. The number of aryl methyl sites for hydroxylation is 1. The number of rotatable bonds is 4. The molecule has 21 heavy (non-hydrogen) atoms. The number of aromatic nitrogens is 2. The van der Waals surface area contributed by atoms with Gasteiger partial charge in [-0.25, -0.2) is 14.2 Å². The zero-order valence-corrected chi connectivity index (χ0v) is 12.2. The van der Waals surface area contributed by atoms with Crippen molar-refractivity contribution in [3.8, 4) is 0 Å². The Morgan fingerprint density at radius 1 is 1.33 bits per heavy atom. The lowest BCUT2D eigenvalue weighted by molar-refractivity contribution is 0.581. The van der Waals surface area contributed by atoms with Gasteiger partial charge in [0, 0.05) is 20.3 Å². The highest BCUT2D eigenvalue weighted by Gasteiger charge is 2.07. The molecule has 6 heteroatoms. The van der Waals surface area contributed by atoms with Gasteiger partial charge in [-0.05, 0) is 12.5 Å². The highest BCUT2D eigenvalue weighted by Crippen LogP contribution is 2.11. The third kappa shape index (κ3) is 3.98. The van der Waals surface area contributed by atoms with Gasteiger partial charge in [-0.15, -0.1) is 0 Å². The zero-order chi connectivity index (χ0) is 15.4. The van der Waals surface area contributed by atoms with Crippen molar-refractivity contribution in [2.24, 2.45) is 4.99 Å². The molecule has 2 rings (SSSR count). The Balaban J connectivity index is 2.28. The molecule has 0 atom stereocenters. The molecule has 1 aromatic carbocycles. The number of hydrogen-bond donors (Lipinski definition) is 0. The molecular formula is C15H17FN4O. The zero-order valence-electron chi connectivity index (χ0n) is 12.2. The molecule has 0 fully saturated rings. The molecule has 0 aliphatic carbocycles. The standard InChI is InChI=1S/C15H17FN4O/c1-11-4-6-12(7-5-11)8-20-9-13(16)14(18-15(20)21)17-10-19(2)3/h4-7,9-10H,8H2,1-3H3. The second kappa shape index (κ2) is 6.30. The summed E-state index contributed by atoms with van der Waals surface area (Å²) in [6, 6.07) is 7.69. The number of hydrogen-bond acceptors (Lipinski definition) is 3. The predicted molar refractivity (Wildman–Crippen MR) is 80.6 cm³/mol. The number of aliphatic imine (C=N–C) groups is 1. The first kappa shape index (κ1) is 14.9. The first-order chi connectivity index (χ1) is 9.95. The minimum absolute atomic E-state index is 0.200. The third-order valence-corrected chi connectivity index (χ3v) is 2.81. The van der Waals surface area contributed by atoms with Crippen LogP contribution >= 0.6 is 0 Å². The Morgan fingerprint density at radius 2 is 2.00 bits per heavy atom. The minimum atomic E-state index is -0.625. The van der Waals surface area contributed by atoms with Crippen molar-refractivity contribution >= 4 is 12.2 Å². The molecule has 2 aromatic rings. The second-order valence-corrected chi connectivity index (χ2v) is 5.02. The van der Waals surface area contributed by atoms with Crippen LogP contribution in [0.2, 0.25) is 0 Å². The van der Waals surface area contributed by atoms with Gasteiger partial charge < -0.3 is 4.90 Å². The van der Waals surface area contributed by atoms with Crippen molar-refractivity contribution in [3.63, 3.8) is 0 Å². The van der Waals surface area contributed by atoms with Crippen LogP contribution in [0.3, 0.4) is 0 Å². The Hall–Kier alpha value is -2.50. The monoisotopic (exact) mass is 288 g/mol. The first-order valence-electron chi connectivity index (χ1n) is 6.49. The minimum Gasteiger partial charge on any atom is -0.369 e. The Morgan fingerprint density at radius 3 is 2.62 bits per heavy atom. The average molecular weight is 288 g/mol. The predicted octanol–water partition coefficient (Wildman–Crippen LogP) is 1.96. The van der Waals surface area contributed by atoms with E-state index in [1.807, 2.05) is 31.2 Å². The van der Waals surface area contributed by atoms with Crippen LogP contribution in [-0.2, 0) is 6.54 Å². The summed E-state index contributed by atoms with van der Waals surface area (Å²) >= 11 is 0. The van der Waals surface area contributed by atoms with Crippen LogP contribution in [0.5, 0.6) is 0 Å². The van der Waals surface area contributed by atoms with E-state index in [-0.39, 0.29) is 12.4 Å². The van der Waals surface area contributed by atoms with E-state index in [1.54, 1.807) is 19.0 Å². The summed E-state index contributed by atoms with van der Waals surface area (Å²) in [6.45, 7) is 2.26. The summed E-state index contributed by atoms with van der Waals surface area (Å²) in [4.78, 5) is 21.0. The number of halogens is 1. The molecule has 5 nitrogen and oxygen atoms in total. The van der Waals surface area contributed by atoms with Crippen LogP contribution in [0.15, 0.2) is 40.2 Å². The molecule has 0 aliphatic heterocycles. The molecule has 0 amide bonds. The molecule has 1 aromatic heterocycles. The molecule has 0 unspecified atom stereocenters. The highest BCUT2D eigenvalue weighted by atomic mass is 19.1. The molecule has 0 radical (unpaired) electrons. The van der Waals surface area contributed by atoms with Crippen LogP contribution in [0.1, 0.15) is 11.1 Å². The average Bonchev–Trinajstić information content (AvgIpc) is 2.43. The Labute approximate surface area is 122 Å². The molecule has 0 aliphatic rings. The lowest BCUT2D eigenvalue weighted by atomic mass is 10.1.